The number of anilines is 1. The van der Waals surface area contributed by atoms with Gasteiger partial charge in [-0.2, -0.15) is 0 Å². The molecule has 2 aromatic rings. The Morgan fingerprint density at radius 1 is 1.30 bits per heavy atom. The number of ether oxygens (including phenoxy) is 1. The molecule has 2 aromatic carbocycles. The minimum absolute atomic E-state index is 0.147. The molecule has 1 aliphatic heterocycles. The molecule has 0 aromatic heterocycles. The molecule has 1 heterocycles. The third-order valence-electron chi connectivity index (χ3n) is 2.94. The van der Waals surface area contributed by atoms with Crippen molar-refractivity contribution in [2.45, 2.75) is 6.10 Å². The molecular weight excluding hydrogens is 349 g/mol. The molecule has 1 unspecified atom stereocenters. The number of halogens is 3. The minimum atomic E-state index is -1.04. The Morgan fingerprint density at radius 2 is 2.10 bits per heavy atom. The zero-order valence-electron chi connectivity index (χ0n) is 9.99. The summed E-state index contributed by atoms with van der Waals surface area (Å²) in [6.45, 7) is 0. The van der Waals surface area contributed by atoms with Crippen LogP contribution in [0, 0.1) is 5.82 Å². The Morgan fingerprint density at radius 3 is 2.85 bits per heavy atom. The van der Waals surface area contributed by atoms with Gasteiger partial charge in [0.2, 0.25) is 6.10 Å². The van der Waals surface area contributed by atoms with Gasteiger partial charge in [-0.1, -0.05) is 23.7 Å². The summed E-state index contributed by atoms with van der Waals surface area (Å²) in [5.74, 6) is -0.517. The fourth-order valence-electron chi connectivity index (χ4n) is 2.02. The number of nitrogens with one attached hydrogen (secondary N) is 1. The van der Waals surface area contributed by atoms with Gasteiger partial charge in [-0.25, -0.2) is 4.39 Å². The average Bonchev–Trinajstić information content (AvgIpc) is 2.39. The zero-order chi connectivity index (χ0) is 14.3. The van der Waals surface area contributed by atoms with Crippen molar-refractivity contribution in [2.75, 3.05) is 5.32 Å². The summed E-state index contributed by atoms with van der Waals surface area (Å²) in [7, 11) is 0. The van der Waals surface area contributed by atoms with Gasteiger partial charge in [0, 0.05) is 10.6 Å². The van der Waals surface area contributed by atoms with Crippen molar-refractivity contribution in [3.8, 4) is 5.75 Å². The van der Waals surface area contributed by atoms with Gasteiger partial charge in [-0.05, 0) is 40.2 Å². The summed E-state index contributed by atoms with van der Waals surface area (Å²) in [5.41, 5.74) is 0.697. The van der Waals surface area contributed by atoms with Crippen LogP contribution >= 0.6 is 27.5 Å². The van der Waals surface area contributed by atoms with Gasteiger partial charge in [-0.3, -0.25) is 4.79 Å². The second kappa shape index (κ2) is 5.07. The molecule has 0 spiro atoms. The first-order chi connectivity index (χ1) is 9.56. The van der Waals surface area contributed by atoms with Crippen molar-refractivity contribution >= 4 is 39.1 Å². The van der Waals surface area contributed by atoms with Crippen LogP contribution in [0.4, 0.5) is 10.1 Å². The maximum absolute atomic E-state index is 13.9. The van der Waals surface area contributed by atoms with Gasteiger partial charge in [0.05, 0.1) is 10.2 Å². The van der Waals surface area contributed by atoms with Crippen LogP contribution in [-0.4, -0.2) is 5.91 Å². The van der Waals surface area contributed by atoms with Gasteiger partial charge in [0.15, 0.2) is 5.75 Å². The number of fused-ring (bicyclic) bond motifs is 1. The number of carbonyl (C=O) groups excluding carboxylic acids is 1. The Hall–Kier alpha value is -1.59. The van der Waals surface area contributed by atoms with Crippen LogP contribution in [0.2, 0.25) is 5.02 Å². The molecular formula is C14H8BrClFNO2. The smallest absolute Gasteiger partial charge is 0.270 e. The second-order valence-electron chi connectivity index (χ2n) is 4.27. The standard InChI is InChI=1S/C14H8BrClFNO2/c15-9-2-1-3-11-13(9)20-12(14(19)18-11)8-5-4-7(16)6-10(8)17/h1-6,12H,(H,18,19). The van der Waals surface area contributed by atoms with E-state index in [2.05, 4.69) is 21.2 Å². The van der Waals surface area contributed by atoms with Gasteiger partial charge >= 0.3 is 0 Å². The molecule has 20 heavy (non-hydrogen) atoms. The van der Waals surface area contributed by atoms with E-state index in [0.29, 0.717) is 15.9 Å². The number of rotatable bonds is 1. The first-order valence-electron chi connectivity index (χ1n) is 5.77. The third kappa shape index (κ3) is 2.27. The summed E-state index contributed by atoms with van der Waals surface area (Å²) in [5, 5.41) is 2.97. The Bertz CT molecular complexity index is 708. The van der Waals surface area contributed by atoms with Crippen LogP contribution < -0.4 is 10.1 Å². The van der Waals surface area contributed by atoms with Crippen molar-refractivity contribution in [1.82, 2.24) is 0 Å². The van der Waals surface area contributed by atoms with Crippen molar-refractivity contribution in [1.29, 1.82) is 0 Å². The largest absolute Gasteiger partial charge is 0.472 e. The van der Waals surface area contributed by atoms with E-state index in [-0.39, 0.29) is 10.6 Å². The van der Waals surface area contributed by atoms with Gasteiger partial charge in [0.25, 0.3) is 5.91 Å². The first-order valence-corrected chi connectivity index (χ1v) is 6.94. The lowest BCUT2D eigenvalue weighted by molar-refractivity contribution is -0.123. The highest BCUT2D eigenvalue weighted by Gasteiger charge is 2.32. The summed E-state index contributed by atoms with van der Waals surface area (Å²) in [4.78, 5) is 12.1. The predicted molar refractivity (Wildman–Crippen MR) is 77.6 cm³/mol. The highest BCUT2D eigenvalue weighted by Crippen LogP contribution is 2.40. The summed E-state index contributed by atoms with van der Waals surface area (Å²) >= 11 is 9.05. The van der Waals surface area contributed by atoms with E-state index in [1.807, 2.05) is 0 Å². The van der Waals surface area contributed by atoms with Gasteiger partial charge < -0.3 is 10.1 Å². The Labute approximate surface area is 127 Å². The maximum atomic E-state index is 13.9. The number of hydrogen-bond acceptors (Lipinski definition) is 2. The maximum Gasteiger partial charge on any atom is 0.270 e. The highest BCUT2D eigenvalue weighted by atomic mass is 79.9. The highest BCUT2D eigenvalue weighted by molar-refractivity contribution is 9.10. The zero-order valence-corrected chi connectivity index (χ0v) is 12.3. The van der Waals surface area contributed by atoms with Crippen LogP contribution in [0.3, 0.4) is 0 Å². The van der Waals surface area contributed by atoms with E-state index in [1.165, 1.54) is 12.1 Å². The van der Waals surface area contributed by atoms with E-state index in [9.17, 15) is 9.18 Å². The topological polar surface area (TPSA) is 38.3 Å². The van der Waals surface area contributed by atoms with Crippen molar-refractivity contribution in [3.05, 3.63) is 57.3 Å². The van der Waals surface area contributed by atoms with Crippen LogP contribution in [0.25, 0.3) is 0 Å². The van der Waals surface area contributed by atoms with Crippen LogP contribution in [0.15, 0.2) is 40.9 Å². The quantitative estimate of drug-likeness (QED) is 0.826. The number of para-hydroxylation sites is 1. The summed E-state index contributed by atoms with van der Waals surface area (Å²) in [6, 6.07) is 9.40. The van der Waals surface area contributed by atoms with Crippen molar-refractivity contribution in [2.24, 2.45) is 0 Å². The third-order valence-corrected chi connectivity index (χ3v) is 3.80. The molecule has 0 saturated heterocycles. The normalized spacial score (nSPS) is 17.1. The van der Waals surface area contributed by atoms with E-state index < -0.39 is 17.8 Å². The fraction of sp³-hybridized carbons (Fsp3) is 0.0714. The number of hydrogen-bond donors (Lipinski definition) is 1. The van der Waals surface area contributed by atoms with Gasteiger partial charge in [0.1, 0.15) is 5.82 Å². The minimum Gasteiger partial charge on any atom is -0.472 e. The number of carbonyl (C=O) groups is 1. The first kappa shape index (κ1) is 13.4. The molecule has 102 valence electrons. The van der Waals surface area contributed by atoms with Crippen molar-refractivity contribution in [3.63, 3.8) is 0 Å². The lowest BCUT2D eigenvalue weighted by atomic mass is 10.1. The molecule has 0 bridgehead atoms. The molecule has 0 radical (unpaired) electrons. The van der Waals surface area contributed by atoms with E-state index >= 15 is 0 Å². The molecule has 3 nitrogen and oxygen atoms in total. The van der Waals surface area contributed by atoms with Gasteiger partial charge in [-0.15, -0.1) is 0 Å². The molecule has 1 atom stereocenters. The molecule has 3 rings (SSSR count). The number of benzene rings is 2. The second-order valence-corrected chi connectivity index (χ2v) is 5.56. The summed E-state index contributed by atoms with van der Waals surface area (Å²) < 4.78 is 20.3. The van der Waals surface area contributed by atoms with Crippen LogP contribution in [0.5, 0.6) is 5.75 Å². The molecule has 6 heteroatoms. The van der Waals surface area contributed by atoms with Crippen LogP contribution in [0.1, 0.15) is 11.7 Å². The Balaban J connectivity index is 2.04. The predicted octanol–water partition coefficient (Wildman–Crippen LogP) is 4.31. The lowest BCUT2D eigenvalue weighted by Crippen LogP contribution is -2.30. The van der Waals surface area contributed by atoms with E-state index in [1.54, 1.807) is 18.2 Å². The molecule has 0 saturated carbocycles. The molecule has 1 N–H and O–H groups in total. The van der Waals surface area contributed by atoms with Crippen LogP contribution in [-0.2, 0) is 4.79 Å². The SMILES string of the molecule is O=C1Nc2cccc(Br)c2OC1c1ccc(Cl)cc1F. The fourth-order valence-corrected chi connectivity index (χ4v) is 2.63. The monoisotopic (exact) mass is 355 g/mol. The molecule has 0 fully saturated rings. The van der Waals surface area contributed by atoms with E-state index in [4.69, 9.17) is 16.3 Å². The Kier molecular flexibility index (Phi) is 3.40. The average molecular weight is 357 g/mol. The lowest BCUT2D eigenvalue weighted by Gasteiger charge is -2.27. The molecule has 0 aliphatic carbocycles. The molecule has 1 aliphatic rings. The summed E-state index contributed by atoms with van der Waals surface area (Å²) in [6.07, 6.45) is -1.04. The molecule has 1 amide bonds. The van der Waals surface area contributed by atoms with E-state index in [0.717, 1.165) is 6.07 Å². The number of amides is 1. The van der Waals surface area contributed by atoms with Crippen molar-refractivity contribution < 1.29 is 13.9 Å².